The average molecular weight is 237 g/mol. The Kier molecular flexibility index (Phi) is 2.53. The molecule has 17 heavy (non-hydrogen) atoms. The summed E-state index contributed by atoms with van der Waals surface area (Å²) in [5, 5.41) is 3.12. The molecule has 2 aromatic heterocycles. The summed E-state index contributed by atoms with van der Waals surface area (Å²) in [6.45, 7) is 3.95. The number of hydrogen-bond donors (Lipinski definition) is 2. The number of nitrogens with zero attached hydrogens (tertiary/aromatic N) is 3. The first-order valence-corrected chi connectivity index (χ1v) is 5.34. The van der Waals surface area contributed by atoms with E-state index >= 15 is 0 Å². The molecule has 2 rings (SSSR count). The predicted molar refractivity (Wildman–Crippen MR) is 65.3 cm³/mol. The van der Waals surface area contributed by atoms with E-state index < -0.39 is 11.2 Å². The minimum Gasteiger partial charge on any atom is -0.353 e. The van der Waals surface area contributed by atoms with Crippen LogP contribution < -0.4 is 16.6 Å². The zero-order chi connectivity index (χ0) is 12.7. The van der Waals surface area contributed by atoms with Crippen molar-refractivity contribution >= 4 is 17.1 Å². The highest BCUT2D eigenvalue weighted by Gasteiger charge is 2.14. The molecule has 0 bridgehead atoms. The van der Waals surface area contributed by atoms with E-state index in [4.69, 9.17) is 0 Å². The Labute approximate surface area is 97.1 Å². The summed E-state index contributed by atoms with van der Waals surface area (Å²) in [4.78, 5) is 29.7. The molecule has 0 amide bonds. The lowest BCUT2D eigenvalue weighted by Crippen LogP contribution is -2.29. The lowest BCUT2D eigenvalue weighted by atomic mass is 10.4. The van der Waals surface area contributed by atoms with Crippen LogP contribution in [0, 0.1) is 0 Å². The van der Waals surface area contributed by atoms with Gasteiger partial charge < -0.3 is 9.88 Å². The molecule has 2 N–H and O–H groups in total. The molecule has 2 heterocycles. The third-order valence-corrected chi connectivity index (χ3v) is 2.55. The molecule has 0 unspecified atom stereocenters. The number of aromatic nitrogens is 4. The molecule has 7 nitrogen and oxygen atoms in total. The van der Waals surface area contributed by atoms with Gasteiger partial charge in [0.1, 0.15) is 0 Å². The van der Waals surface area contributed by atoms with Crippen molar-refractivity contribution in [3.63, 3.8) is 0 Å². The number of hydrogen-bond acceptors (Lipinski definition) is 4. The molecule has 0 aliphatic heterocycles. The molecule has 0 atom stereocenters. The number of aromatic amines is 1. The maximum Gasteiger partial charge on any atom is 0.329 e. The maximum absolute atomic E-state index is 11.7. The Hall–Kier alpha value is -2.05. The molecule has 7 heteroatoms. The maximum atomic E-state index is 11.7. The van der Waals surface area contributed by atoms with Crippen molar-refractivity contribution in [1.82, 2.24) is 19.1 Å². The van der Waals surface area contributed by atoms with E-state index in [1.807, 2.05) is 13.8 Å². The number of fused-ring (bicyclic) bond motifs is 1. The van der Waals surface area contributed by atoms with Gasteiger partial charge in [0.05, 0.1) is 0 Å². The van der Waals surface area contributed by atoms with Gasteiger partial charge >= 0.3 is 5.69 Å². The lowest BCUT2D eigenvalue weighted by molar-refractivity contribution is 0.829. The second kappa shape index (κ2) is 3.76. The molecule has 0 aliphatic rings. The Morgan fingerprint density at radius 2 is 1.88 bits per heavy atom. The summed E-state index contributed by atoms with van der Waals surface area (Å²) in [7, 11) is 3.31. The third kappa shape index (κ3) is 1.73. The van der Waals surface area contributed by atoms with Gasteiger partial charge in [-0.2, -0.15) is 4.98 Å². The normalized spacial score (nSPS) is 11.4. The van der Waals surface area contributed by atoms with Crippen molar-refractivity contribution in [2.45, 2.75) is 19.9 Å². The van der Waals surface area contributed by atoms with Crippen molar-refractivity contribution in [1.29, 1.82) is 0 Å². The third-order valence-electron chi connectivity index (χ3n) is 2.55. The molecule has 0 aromatic carbocycles. The Bertz CT molecular complexity index is 676. The van der Waals surface area contributed by atoms with Crippen molar-refractivity contribution < 1.29 is 0 Å². The van der Waals surface area contributed by atoms with Crippen LogP contribution in [0.4, 0.5) is 5.95 Å². The molecule has 2 aromatic rings. The summed E-state index contributed by atoms with van der Waals surface area (Å²) in [6, 6.07) is 0.196. The average Bonchev–Trinajstić information content (AvgIpc) is 2.53. The Morgan fingerprint density at radius 1 is 1.24 bits per heavy atom. The molecule has 0 radical (unpaired) electrons. The van der Waals surface area contributed by atoms with E-state index in [-0.39, 0.29) is 6.04 Å². The van der Waals surface area contributed by atoms with Gasteiger partial charge in [0, 0.05) is 20.1 Å². The van der Waals surface area contributed by atoms with Crippen molar-refractivity contribution in [3.8, 4) is 0 Å². The first-order chi connectivity index (χ1) is 7.91. The van der Waals surface area contributed by atoms with Crippen LogP contribution in [-0.2, 0) is 14.1 Å². The van der Waals surface area contributed by atoms with Gasteiger partial charge in [-0.15, -0.1) is 0 Å². The smallest absolute Gasteiger partial charge is 0.329 e. The van der Waals surface area contributed by atoms with Crippen molar-refractivity contribution in [2.24, 2.45) is 14.1 Å². The van der Waals surface area contributed by atoms with Crippen molar-refractivity contribution in [3.05, 3.63) is 20.8 Å². The van der Waals surface area contributed by atoms with Gasteiger partial charge in [0.25, 0.3) is 5.56 Å². The highest BCUT2D eigenvalue weighted by atomic mass is 16.2. The van der Waals surface area contributed by atoms with Gasteiger partial charge in [0.2, 0.25) is 5.95 Å². The van der Waals surface area contributed by atoms with Crippen LogP contribution >= 0.6 is 0 Å². The molecular formula is C10H15N5O2. The van der Waals surface area contributed by atoms with E-state index in [1.165, 1.54) is 4.57 Å². The number of anilines is 1. The van der Waals surface area contributed by atoms with Crippen molar-refractivity contribution in [2.75, 3.05) is 5.32 Å². The molecular weight excluding hydrogens is 222 g/mol. The number of imidazole rings is 1. The molecule has 92 valence electrons. The van der Waals surface area contributed by atoms with E-state index in [0.717, 1.165) is 0 Å². The largest absolute Gasteiger partial charge is 0.353 e. The van der Waals surface area contributed by atoms with Crippen LogP contribution in [0.15, 0.2) is 9.59 Å². The molecule has 0 saturated carbocycles. The summed E-state index contributed by atoms with van der Waals surface area (Å²) in [5.74, 6) is 0.571. The SMILES string of the molecule is CC(C)Nc1nc2c(c(=O)[nH]c(=O)n2C)n1C. The van der Waals surface area contributed by atoms with E-state index in [2.05, 4.69) is 15.3 Å². The van der Waals surface area contributed by atoms with E-state index in [0.29, 0.717) is 17.1 Å². The van der Waals surface area contributed by atoms with Crippen LogP contribution in [0.25, 0.3) is 11.2 Å². The van der Waals surface area contributed by atoms with Gasteiger partial charge in [-0.3, -0.25) is 14.3 Å². The number of rotatable bonds is 2. The first-order valence-electron chi connectivity index (χ1n) is 5.34. The molecule has 0 spiro atoms. The summed E-state index contributed by atoms with van der Waals surface area (Å²) in [5.41, 5.74) is -0.119. The quantitative estimate of drug-likeness (QED) is 0.756. The van der Waals surface area contributed by atoms with Crippen LogP contribution in [0.2, 0.25) is 0 Å². The van der Waals surface area contributed by atoms with Gasteiger partial charge in [-0.25, -0.2) is 4.79 Å². The molecule has 0 aliphatic carbocycles. The van der Waals surface area contributed by atoms with Crippen LogP contribution in [-0.4, -0.2) is 25.1 Å². The minimum atomic E-state index is -0.461. The minimum absolute atomic E-state index is 0.196. The standard InChI is InChI=1S/C10H15N5O2/c1-5(2)11-9-12-7-6(14(9)3)8(16)13-10(17)15(7)4/h5H,1-4H3,(H,11,12)(H,13,16,17). The van der Waals surface area contributed by atoms with Gasteiger partial charge in [0.15, 0.2) is 11.2 Å². The number of aryl methyl sites for hydroxylation is 2. The van der Waals surface area contributed by atoms with E-state index in [1.54, 1.807) is 18.7 Å². The summed E-state index contributed by atoms with van der Waals surface area (Å²) >= 11 is 0. The zero-order valence-electron chi connectivity index (χ0n) is 10.2. The summed E-state index contributed by atoms with van der Waals surface area (Å²) in [6.07, 6.45) is 0. The Morgan fingerprint density at radius 3 is 2.47 bits per heavy atom. The fourth-order valence-electron chi connectivity index (χ4n) is 1.70. The zero-order valence-corrected chi connectivity index (χ0v) is 10.2. The second-order valence-electron chi connectivity index (χ2n) is 4.28. The molecule has 0 fully saturated rings. The highest BCUT2D eigenvalue weighted by molar-refractivity contribution is 5.73. The highest BCUT2D eigenvalue weighted by Crippen LogP contribution is 2.13. The lowest BCUT2D eigenvalue weighted by Gasteiger charge is -2.08. The fraction of sp³-hybridized carbons (Fsp3) is 0.500. The number of nitrogens with one attached hydrogen (secondary N) is 2. The predicted octanol–water partition coefficient (Wildman–Crippen LogP) is -0.219. The van der Waals surface area contributed by atoms with Crippen LogP contribution in [0.5, 0.6) is 0 Å². The Balaban J connectivity index is 2.82. The van der Waals surface area contributed by atoms with Gasteiger partial charge in [-0.05, 0) is 13.8 Å². The van der Waals surface area contributed by atoms with Gasteiger partial charge in [-0.1, -0.05) is 0 Å². The number of H-pyrrole nitrogens is 1. The van der Waals surface area contributed by atoms with Crippen LogP contribution in [0.3, 0.4) is 0 Å². The van der Waals surface area contributed by atoms with Crippen LogP contribution in [0.1, 0.15) is 13.8 Å². The second-order valence-corrected chi connectivity index (χ2v) is 4.28. The first kappa shape index (κ1) is 11.4. The van der Waals surface area contributed by atoms with E-state index in [9.17, 15) is 9.59 Å². The monoisotopic (exact) mass is 237 g/mol. The topological polar surface area (TPSA) is 84.7 Å². The summed E-state index contributed by atoms with van der Waals surface area (Å²) < 4.78 is 2.97. The fourth-order valence-corrected chi connectivity index (χ4v) is 1.70. The molecule has 0 saturated heterocycles.